The van der Waals surface area contributed by atoms with Crippen LogP contribution in [-0.4, -0.2) is 5.91 Å². The Kier molecular flexibility index (Phi) is 4.00. The fraction of sp³-hybridized carbons (Fsp3) is 0.235. The van der Waals surface area contributed by atoms with Crippen molar-refractivity contribution in [1.82, 2.24) is 0 Å². The van der Waals surface area contributed by atoms with Crippen molar-refractivity contribution in [3.8, 4) is 0 Å². The van der Waals surface area contributed by atoms with E-state index in [1.165, 1.54) is 11.1 Å². The van der Waals surface area contributed by atoms with Crippen LogP contribution in [0.5, 0.6) is 0 Å². The first-order valence-corrected chi connectivity index (χ1v) is 6.48. The lowest BCUT2D eigenvalue weighted by atomic mass is 10.1. The van der Waals surface area contributed by atoms with Gasteiger partial charge in [-0.2, -0.15) is 0 Å². The van der Waals surface area contributed by atoms with Crippen molar-refractivity contribution in [1.29, 1.82) is 0 Å². The molecule has 2 aromatic rings. The summed E-state index contributed by atoms with van der Waals surface area (Å²) in [6.45, 7) is 6.11. The minimum Gasteiger partial charge on any atom is -0.326 e. The van der Waals surface area contributed by atoms with Gasteiger partial charge in [-0.05, 0) is 43.5 Å². The summed E-state index contributed by atoms with van der Waals surface area (Å²) in [4.78, 5) is 12.0. The van der Waals surface area contributed by atoms with Crippen LogP contribution < -0.4 is 5.32 Å². The first-order valence-electron chi connectivity index (χ1n) is 6.48. The van der Waals surface area contributed by atoms with Gasteiger partial charge in [0.05, 0.1) is 6.42 Å². The van der Waals surface area contributed by atoms with Crippen LogP contribution >= 0.6 is 0 Å². The van der Waals surface area contributed by atoms with E-state index < -0.39 is 0 Å². The van der Waals surface area contributed by atoms with Gasteiger partial charge in [-0.25, -0.2) is 0 Å². The topological polar surface area (TPSA) is 29.1 Å². The predicted molar refractivity (Wildman–Crippen MR) is 79.4 cm³/mol. The number of aryl methyl sites for hydroxylation is 2. The van der Waals surface area contributed by atoms with E-state index >= 15 is 0 Å². The molecule has 0 spiro atoms. The van der Waals surface area contributed by atoms with E-state index in [9.17, 15) is 4.79 Å². The Labute approximate surface area is 114 Å². The second-order valence-corrected chi connectivity index (χ2v) is 4.96. The average molecular weight is 253 g/mol. The molecular weight excluding hydrogens is 234 g/mol. The molecule has 0 bridgehead atoms. The van der Waals surface area contributed by atoms with Gasteiger partial charge in [-0.15, -0.1) is 0 Å². The third-order valence-electron chi connectivity index (χ3n) is 3.36. The van der Waals surface area contributed by atoms with Gasteiger partial charge < -0.3 is 5.32 Å². The molecule has 2 rings (SSSR count). The fourth-order valence-corrected chi connectivity index (χ4v) is 1.97. The lowest BCUT2D eigenvalue weighted by Crippen LogP contribution is -2.15. The Morgan fingerprint density at radius 3 is 2.37 bits per heavy atom. The number of nitrogens with one attached hydrogen (secondary N) is 1. The summed E-state index contributed by atoms with van der Waals surface area (Å²) in [6, 6.07) is 14.0. The number of rotatable bonds is 3. The van der Waals surface area contributed by atoms with Crippen LogP contribution in [0.2, 0.25) is 0 Å². The van der Waals surface area contributed by atoms with E-state index in [0.29, 0.717) is 6.42 Å². The van der Waals surface area contributed by atoms with Gasteiger partial charge in [0.25, 0.3) is 0 Å². The largest absolute Gasteiger partial charge is 0.326 e. The summed E-state index contributed by atoms with van der Waals surface area (Å²) < 4.78 is 0. The van der Waals surface area contributed by atoms with Crippen molar-refractivity contribution < 1.29 is 4.79 Å². The molecular formula is C17H19NO. The number of carbonyl (C=O) groups excluding carboxylic acids is 1. The highest BCUT2D eigenvalue weighted by Crippen LogP contribution is 2.18. The summed E-state index contributed by atoms with van der Waals surface area (Å²) in [5, 5.41) is 2.98. The van der Waals surface area contributed by atoms with Crippen molar-refractivity contribution in [2.24, 2.45) is 0 Å². The van der Waals surface area contributed by atoms with Crippen molar-refractivity contribution in [3.63, 3.8) is 0 Å². The van der Waals surface area contributed by atoms with E-state index in [1.54, 1.807) is 0 Å². The average Bonchev–Trinajstić information content (AvgIpc) is 2.38. The van der Waals surface area contributed by atoms with Crippen LogP contribution in [0.25, 0.3) is 0 Å². The number of hydrogen-bond acceptors (Lipinski definition) is 1. The second kappa shape index (κ2) is 5.70. The van der Waals surface area contributed by atoms with Crippen LogP contribution in [0.3, 0.4) is 0 Å². The monoisotopic (exact) mass is 253 g/mol. The van der Waals surface area contributed by atoms with Gasteiger partial charge in [0.15, 0.2) is 0 Å². The molecule has 0 radical (unpaired) electrons. The molecule has 2 heteroatoms. The first-order chi connectivity index (χ1) is 9.06. The molecule has 0 unspecified atom stereocenters. The van der Waals surface area contributed by atoms with Crippen LogP contribution in [-0.2, 0) is 11.2 Å². The molecule has 2 nitrogen and oxygen atoms in total. The Morgan fingerprint density at radius 2 is 1.68 bits per heavy atom. The van der Waals surface area contributed by atoms with Gasteiger partial charge in [-0.1, -0.05) is 42.0 Å². The molecule has 0 atom stereocenters. The van der Waals surface area contributed by atoms with E-state index in [2.05, 4.69) is 5.32 Å². The molecule has 0 saturated carbocycles. The van der Waals surface area contributed by atoms with Gasteiger partial charge in [0.2, 0.25) is 5.91 Å². The maximum Gasteiger partial charge on any atom is 0.228 e. The first kappa shape index (κ1) is 13.3. The van der Waals surface area contributed by atoms with E-state index in [4.69, 9.17) is 0 Å². The Bertz CT molecular complexity index is 585. The zero-order chi connectivity index (χ0) is 13.8. The molecule has 0 aliphatic carbocycles. The van der Waals surface area contributed by atoms with Crippen molar-refractivity contribution >= 4 is 11.6 Å². The molecule has 98 valence electrons. The Balaban J connectivity index is 2.05. The van der Waals surface area contributed by atoms with Crippen molar-refractivity contribution in [3.05, 3.63) is 64.7 Å². The number of benzene rings is 2. The molecule has 0 saturated heterocycles. The summed E-state index contributed by atoms with van der Waals surface area (Å²) >= 11 is 0. The minimum absolute atomic E-state index is 0.0255. The molecule has 1 amide bonds. The maximum atomic E-state index is 12.0. The fourth-order valence-electron chi connectivity index (χ4n) is 1.97. The standard InChI is InChI=1S/C17H19NO/c1-12-7-9-15(10-8-12)11-17(19)18-16-6-4-5-13(2)14(16)3/h4-10H,11H2,1-3H3,(H,18,19). The summed E-state index contributed by atoms with van der Waals surface area (Å²) in [5.74, 6) is 0.0255. The highest BCUT2D eigenvalue weighted by molar-refractivity contribution is 5.93. The lowest BCUT2D eigenvalue weighted by molar-refractivity contribution is -0.115. The van der Waals surface area contributed by atoms with Crippen molar-refractivity contribution in [2.45, 2.75) is 27.2 Å². The lowest BCUT2D eigenvalue weighted by Gasteiger charge is -2.10. The van der Waals surface area contributed by atoms with Gasteiger partial charge >= 0.3 is 0 Å². The van der Waals surface area contributed by atoms with Gasteiger partial charge in [0, 0.05) is 5.69 Å². The molecule has 1 N–H and O–H groups in total. The van der Waals surface area contributed by atoms with E-state index in [1.807, 2.05) is 63.2 Å². The highest BCUT2D eigenvalue weighted by atomic mass is 16.1. The molecule has 2 aromatic carbocycles. The molecule has 0 heterocycles. The summed E-state index contributed by atoms with van der Waals surface area (Å²) in [5.41, 5.74) is 5.46. The quantitative estimate of drug-likeness (QED) is 0.885. The SMILES string of the molecule is Cc1ccc(CC(=O)Nc2cccc(C)c2C)cc1. The smallest absolute Gasteiger partial charge is 0.228 e. The van der Waals surface area contributed by atoms with Crippen LogP contribution in [0.4, 0.5) is 5.69 Å². The molecule has 0 aliphatic rings. The summed E-state index contributed by atoms with van der Waals surface area (Å²) in [7, 11) is 0. The predicted octanol–water partition coefficient (Wildman–Crippen LogP) is 3.79. The van der Waals surface area contributed by atoms with Crippen LogP contribution in [0.1, 0.15) is 22.3 Å². The van der Waals surface area contributed by atoms with Gasteiger partial charge in [0.1, 0.15) is 0 Å². The zero-order valence-corrected chi connectivity index (χ0v) is 11.7. The number of hydrogen-bond donors (Lipinski definition) is 1. The van der Waals surface area contributed by atoms with Crippen LogP contribution in [0, 0.1) is 20.8 Å². The molecule has 19 heavy (non-hydrogen) atoms. The number of carbonyl (C=O) groups is 1. The third-order valence-corrected chi connectivity index (χ3v) is 3.36. The Hall–Kier alpha value is -2.09. The normalized spacial score (nSPS) is 10.3. The molecule has 0 fully saturated rings. The maximum absolute atomic E-state index is 12.0. The molecule has 0 aromatic heterocycles. The zero-order valence-electron chi connectivity index (χ0n) is 11.7. The molecule has 0 aliphatic heterocycles. The number of anilines is 1. The van der Waals surface area contributed by atoms with Crippen LogP contribution in [0.15, 0.2) is 42.5 Å². The summed E-state index contributed by atoms with van der Waals surface area (Å²) in [6.07, 6.45) is 0.410. The minimum atomic E-state index is 0.0255. The second-order valence-electron chi connectivity index (χ2n) is 4.96. The van der Waals surface area contributed by atoms with Gasteiger partial charge in [-0.3, -0.25) is 4.79 Å². The van der Waals surface area contributed by atoms with Crippen molar-refractivity contribution in [2.75, 3.05) is 5.32 Å². The highest BCUT2D eigenvalue weighted by Gasteiger charge is 2.06. The van der Waals surface area contributed by atoms with E-state index in [-0.39, 0.29) is 5.91 Å². The van der Waals surface area contributed by atoms with E-state index in [0.717, 1.165) is 16.8 Å². The number of amides is 1. The Morgan fingerprint density at radius 1 is 1.00 bits per heavy atom. The third kappa shape index (κ3) is 3.44.